The van der Waals surface area contributed by atoms with Crippen LogP contribution < -0.4 is 11.1 Å². The Hall–Kier alpha value is -1.71. The first kappa shape index (κ1) is 12.7. The summed E-state index contributed by atoms with van der Waals surface area (Å²) < 4.78 is 4.98. The molecule has 0 amide bonds. The minimum atomic E-state index is -0.360. The van der Waals surface area contributed by atoms with Crippen LogP contribution in [0.3, 0.4) is 0 Å². The molecule has 1 saturated carbocycles. The van der Waals surface area contributed by atoms with Crippen molar-refractivity contribution in [2.45, 2.75) is 32.7 Å². The number of carbonyl (C=O) groups excluding carboxylic acids is 1. The molecule has 18 heavy (non-hydrogen) atoms. The lowest BCUT2D eigenvalue weighted by molar-refractivity contribution is 0.0527. The highest BCUT2D eigenvalue weighted by Gasteiger charge is 2.35. The fourth-order valence-electron chi connectivity index (χ4n) is 2.12. The quantitative estimate of drug-likeness (QED) is 0.621. The molecule has 0 radical (unpaired) electrons. The Morgan fingerprint density at radius 1 is 1.50 bits per heavy atom. The Balaban J connectivity index is 2.08. The minimum absolute atomic E-state index is 0.358. The number of esters is 1. The Morgan fingerprint density at radius 3 is 2.89 bits per heavy atom. The molecule has 0 aliphatic heterocycles. The maximum atomic E-state index is 11.7. The molecule has 98 valence electrons. The van der Waals surface area contributed by atoms with Crippen LogP contribution in [0.2, 0.25) is 0 Å². The number of nitrogens with two attached hydrogens (primary N) is 1. The summed E-state index contributed by atoms with van der Waals surface area (Å²) in [6.07, 6.45) is 2.40. The van der Waals surface area contributed by atoms with Gasteiger partial charge in [0.05, 0.1) is 12.2 Å². The van der Waals surface area contributed by atoms with E-state index in [1.54, 1.807) is 19.1 Å². The summed E-state index contributed by atoms with van der Waals surface area (Å²) in [5, 5.41) is 3.42. The van der Waals surface area contributed by atoms with E-state index in [9.17, 15) is 4.79 Å². The number of hydrogen-bond donors (Lipinski definition) is 2. The average Bonchev–Trinajstić information content (AvgIpc) is 3.10. The van der Waals surface area contributed by atoms with Gasteiger partial charge in [-0.3, -0.25) is 0 Å². The normalized spacial score (nSPS) is 21.4. The van der Waals surface area contributed by atoms with Gasteiger partial charge in [-0.25, -0.2) is 4.79 Å². The molecule has 2 rings (SSSR count). The maximum absolute atomic E-state index is 11.7. The molecular formula is C14H20N2O2. The third kappa shape index (κ3) is 2.75. The number of carbonyl (C=O) groups is 1. The number of anilines is 2. The fraction of sp³-hybridized carbons (Fsp3) is 0.500. The average molecular weight is 248 g/mol. The van der Waals surface area contributed by atoms with Crippen LogP contribution in [0.1, 0.15) is 37.0 Å². The SMILES string of the molecule is CCOC(=O)c1cc(NC2CC2CC)ccc1N. The Kier molecular flexibility index (Phi) is 3.75. The van der Waals surface area contributed by atoms with Gasteiger partial charge in [-0.05, 0) is 37.5 Å². The van der Waals surface area contributed by atoms with Gasteiger partial charge < -0.3 is 15.8 Å². The zero-order chi connectivity index (χ0) is 13.1. The first-order valence-corrected chi connectivity index (χ1v) is 6.48. The summed E-state index contributed by atoms with van der Waals surface area (Å²) in [6, 6.07) is 5.97. The van der Waals surface area contributed by atoms with Crippen LogP contribution in [-0.2, 0) is 4.74 Å². The van der Waals surface area contributed by atoms with E-state index in [1.165, 1.54) is 12.8 Å². The van der Waals surface area contributed by atoms with E-state index in [0.717, 1.165) is 11.6 Å². The van der Waals surface area contributed by atoms with Crippen LogP contribution in [0.15, 0.2) is 18.2 Å². The van der Waals surface area contributed by atoms with Crippen molar-refractivity contribution in [1.29, 1.82) is 0 Å². The topological polar surface area (TPSA) is 64.3 Å². The highest BCUT2D eigenvalue weighted by molar-refractivity contribution is 5.96. The van der Waals surface area contributed by atoms with E-state index in [1.807, 2.05) is 6.07 Å². The van der Waals surface area contributed by atoms with Crippen molar-refractivity contribution in [2.24, 2.45) is 5.92 Å². The number of nitrogens with one attached hydrogen (secondary N) is 1. The summed E-state index contributed by atoms with van der Waals surface area (Å²) in [4.78, 5) is 11.7. The standard InChI is InChI=1S/C14H20N2O2/c1-3-9-7-13(9)16-10-5-6-12(15)11(8-10)14(17)18-4-2/h5-6,8-9,13,16H,3-4,7,15H2,1-2H3. The minimum Gasteiger partial charge on any atom is -0.462 e. The van der Waals surface area contributed by atoms with Crippen LogP contribution in [0.5, 0.6) is 0 Å². The lowest BCUT2D eigenvalue weighted by Crippen LogP contribution is -2.10. The van der Waals surface area contributed by atoms with Gasteiger partial charge in [-0.1, -0.05) is 13.3 Å². The van der Waals surface area contributed by atoms with Gasteiger partial charge in [0, 0.05) is 17.4 Å². The number of hydrogen-bond acceptors (Lipinski definition) is 4. The van der Waals surface area contributed by atoms with Gasteiger partial charge in [0.25, 0.3) is 0 Å². The van der Waals surface area contributed by atoms with E-state index in [0.29, 0.717) is 23.9 Å². The van der Waals surface area contributed by atoms with Crippen LogP contribution >= 0.6 is 0 Å². The maximum Gasteiger partial charge on any atom is 0.340 e. The third-order valence-corrected chi connectivity index (χ3v) is 3.35. The second-order valence-electron chi connectivity index (χ2n) is 4.68. The van der Waals surface area contributed by atoms with Crippen molar-refractivity contribution in [3.05, 3.63) is 23.8 Å². The monoisotopic (exact) mass is 248 g/mol. The van der Waals surface area contributed by atoms with Gasteiger partial charge in [0.2, 0.25) is 0 Å². The number of benzene rings is 1. The zero-order valence-electron chi connectivity index (χ0n) is 10.9. The van der Waals surface area contributed by atoms with E-state index < -0.39 is 0 Å². The largest absolute Gasteiger partial charge is 0.462 e. The van der Waals surface area contributed by atoms with Gasteiger partial charge in [-0.2, -0.15) is 0 Å². The lowest BCUT2D eigenvalue weighted by Gasteiger charge is -2.10. The first-order valence-electron chi connectivity index (χ1n) is 6.48. The molecule has 0 aromatic heterocycles. The van der Waals surface area contributed by atoms with E-state index in [2.05, 4.69) is 12.2 Å². The Bertz CT molecular complexity index is 445. The van der Waals surface area contributed by atoms with Crippen LogP contribution in [0.25, 0.3) is 0 Å². The fourth-order valence-corrected chi connectivity index (χ4v) is 2.12. The smallest absolute Gasteiger partial charge is 0.340 e. The first-order chi connectivity index (χ1) is 8.65. The molecule has 0 bridgehead atoms. The van der Waals surface area contributed by atoms with Crippen molar-refractivity contribution in [2.75, 3.05) is 17.7 Å². The number of ether oxygens (including phenoxy) is 1. The molecule has 3 N–H and O–H groups in total. The number of nitrogen functional groups attached to an aromatic ring is 1. The highest BCUT2D eigenvalue weighted by atomic mass is 16.5. The predicted molar refractivity (Wildman–Crippen MR) is 72.6 cm³/mol. The summed E-state index contributed by atoms with van der Waals surface area (Å²) in [5.41, 5.74) is 7.63. The van der Waals surface area contributed by atoms with Crippen LogP contribution in [0.4, 0.5) is 11.4 Å². The van der Waals surface area contributed by atoms with Gasteiger partial charge in [0.1, 0.15) is 0 Å². The summed E-state index contributed by atoms with van der Waals surface area (Å²) in [5.74, 6) is 0.398. The van der Waals surface area contributed by atoms with Crippen molar-refractivity contribution in [3.8, 4) is 0 Å². The molecular weight excluding hydrogens is 228 g/mol. The number of rotatable bonds is 5. The van der Waals surface area contributed by atoms with E-state index in [4.69, 9.17) is 10.5 Å². The molecule has 1 aliphatic carbocycles. The molecule has 4 heteroatoms. The van der Waals surface area contributed by atoms with Gasteiger partial charge >= 0.3 is 5.97 Å². The molecule has 4 nitrogen and oxygen atoms in total. The zero-order valence-corrected chi connectivity index (χ0v) is 10.9. The Morgan fingerprint density at radius 2 is 2.28 bits per heavy atom. The molecule has 1 aliphatic rings. The van der Waals surface area contributed by atoms with E-state index >= 15 is 0 Å². The van der Waals surface area contributed by atoms with Crippen molar-refractivity contribution >= 4 is 17.3 Å². The summed E-state index contributed by atoms with van der Waals surface area (Å²) in [6.45, 7) is 4.34. The molecule has 1 fully saturated rings. The molecule has 2 atom stereocenters. The molecule has 0 heterocycles. The van der Waals surface area contributed by atoms with Gasteiger partial charge in [0.15, 0.2) is 0 Å². The van der Waals surface area contributed by atoms with E-state index in [-0.39, 0.29) is 5.97 Å². The molecule has 2 unspecified atom stereocenters. The second kappa shape index (κ2) is 5.29. The molecule has 1 aromatic carbocycles. The van der Waals surface area contributed by atoms with Gasteiger partial charge in [-0.15, -0.1) is 0 Å². The van der Waals surface area contributed by atoms with Crippen molar-refractivity contribution in [3.63, 3.8) is 0 Å². The predicted octanol–water partition coefficient (Wildman–Crippen LogP) is 2.66. The van der Waals surface area contributed by atoms with Crippen molar-refractivity contribution < 1.29 is 9.53 Å². The highest BCUT2D eigenvalue weighted by Crippen LogP contribution is 2.36. The van der Waals surface area contributed by atoms with Crippen LogP contribution in [0, 0.1) is 5.92 Å². The Labute approximate surface area is 108 Å². The second-order valence-corrected chi connectivity index (χ2v) is 4.68. The molecule has 1 aromatic rings. The third-order valence-electron chi connectivity index (χ3n) is 3.35. The lowest BCUT2D eigenvalue weighted by atomic mass is 10.1. The molecule has 0 spiro atoms. The summed E-state index contributed by atoms with van der Waals surface area (Å²) >= 11 is 0. The molecule has 0 saturated heterocycles. The summed E-state index contributed by atoms with van der Waals surface area (Å²) in [7, 11) is 0. The van der Waals surface area contributed by atoms with Crippen LogP contribution in [-0.4, -0.2) is 18.6 Å². The van der Waals surface area contributed by atoms with Crippen molar-refractivity contribution in [1.82, 2.24) is 0 Å².